The van der Waals surface area contributed by atoms with E-state index >= 15 is 0 Å². The largest absolute Gasteiger partial charge is 0.417 e. The Hall–Kier alpha value is -4.00. The molecule has 0 saturated heterocycles. The highest BCUT2D eigenvalue weighted by Gasteiger charge is 2.30. The Morgan fingerprint density at radius 1 is 0.971 bits per heavy atom. The predicted molar refractivity (Wildman–Crippen MR) is 123 cm³/mol. The lowest BCUT2D eigenvalue weighted by molar-refractivity contribution is -0.137. The van der Waals surface area contributed by atoms with E-state index in [1.165, 1.54) is 18.5 Å². The quantitative estimate of drug-likeness (QED) is 0.356. The maximum Gasteiger partial charge on any atom is 0.417 e. The van der Waals surface area contributed by atoms with E-state index in [0.29, 0.717) is 29.1 Å². The van der Waals surface area contributed by atoms with Crippen molar-refractivity contribution in [3.63, 3.8) is 0 Å². The van der Waals surface area contributed by atoms with Crippen LogP contribution < -0.4 is 10.6 Å². The summed E-state index contributed by atoms with van der Waals surface area (Å²) in [5.74, 6) is 0.643. The summed E-state index contributed by atoms with van der Waals surface area (Å²) in [6, 6.07) is 5.31. The van der Waals surface area contributed by atoms with Gasteiger partial charge in [0.15, 0.2) is 5.65 Å². The molecular formula is C22H21F4N9. The van der Waals surface area contributed by atoms with Crippen LogP contribution in [0.1, 0.15) is 11.1 Å². The molecule has 4 aromatic heterocycles. The smallest absolute Gasteiger partial charge is 0.367 e. The van der Waals surface area contributed by atoms with Crippen LogP contribution in [0.5, 0.6) is 0 Å². The first-order chi connectivity index (χ1) is 16.7. The first-order valence-corrected chi connectivity index (χ1v) is 10.5. The molecule has 0 radical (unpaired) electrons. The van der Waals surface area contributed by atoms with Crippen molar-refractivity contribution in [1.29, 1.82) is 0 Å². The van der Waals surface area contributed by atoms with Crippen molar-refractivity contribution in [2.45, 2.75) is 12.9 Å². The summed E-state index contributed by atoms with van der Waals surface area (Å²) in [5.41, 5.74) is 1.01. The molecule has 0 aromatic carbocycles. The second-order valence-electron chi connectivity index (χ2n) is 7.81. The Balaban J connectivity index is 1.59. The van der Waals surface area contributed by atoms with Gasteiger partial charge in [-0.25, -0.2) is 24.3 Å². The number of fused-ring (bicyclic) bond motifs is 1. The Labute approximate surface area is 197 Å². The van der Waals surface area contributed by atoms with E-state index in [2.05, 4.69) is 40.8 Å². The summed E-state index contributed by atoms with van der Waals surface area (Å²) >= 11 is 0. The Morgan fingerprint density at radius 3 is 2.49 bits per heavy atom. The molecule has 0 amide bonds. The van der Waals surface area contributed by atoms with Crippen molar-refractivity contribution in [3.8, 4) is 11.4 Å². The number of hydrogen-bond acceptors (Lipinski definition) is 9. The number of rotatable bonds is 8. The highest BCUT2D eigenvalue weighted by atomic mass is 19.4. The zero-order valence-electron chi connectivity index (χ0n) is 18.8. The molecule has 0 bridgehead atoms. The zero-order chi connectivity index (χ0) is 25.0. The van der Waals surface area contributed by atoms with Crippen LogP contribution in [0.2, 0.25) is 0 Å². The summed E-state index contributed by atoms with van der Waals surface area (Å²) in [4.78, 5) is 18.8. The Morgan fingerprint density at radius 2 is 1.80 bits per heavy atom. The normalized spacial score (nSPS) is 11.7. The van der Waals surface area contributed by atoms with Gasteiger partial charge in [0.1, 0.15) is 35.2 Å². The minimum atomic E-state index is -4.47. The SMILES string of the molecule is CN(C)CCNc1cc(CF)c(-c2cnc3c(Nc4ccc(C(F)(F)F)cn4)ccnc3n2)nn1. The van der Waals surface area contributed by atoms with Gasteiger partial charge in [-0.2, -0.15) is 13.2 Å². The lowest BCUT2D eigenvalue weighted by Crippen LogP contribution is -2.21. The van der Waals surface area contributed by atoms with Crippen LogP contribution >= 0.6 is 0 Å². The van der Waals surface area contributed by atoms with Crippen molar-refractivity contribution in [1.82, 2.24) is 35.0 Å². The lowest BCUT2D eigenvalue weighted by atomic mass is 10.1. The van der Waals surface area contributed by atoms with E-state index < -0.39 is 18.4 Å². The third-order valence-corrected chi connectivity index (χ3v) is 4.93. The molecule has 4 rings (SSSR count). The van der Waals surface area contributed by atoms with E-state index in [-0.39, 0.29) is 22.9 Å². The van der Waals surface area contributed by atoms with Crippen molar-refractivity contribution in [2.24, 2.45) is 0 Å². The molecule has 2 N–H and O–H groups in total. The summed E-state index contributed by atoms with van der Waals surface area (Å²) < 4.78 is 52.1. The molecule has 4 aromatic rings. The maximum atomic E-state index is 13.8. The summed E-state index contributed by atoms with van der Waals surface area (Å²) in [6.07, 6.45) is -0.852. The first-order valence-electron chi connectivity index (χ1n) is 10.5. The fraction of sp³-hybridized carbons (Fsp3) is 0.273. The van der Waals surface area contributed by atoms with Crippen molar-refractivity contribution < 1.29 is 17.6 Å². The van der Waals surface area contributed by atoms with Crippen LogP contribution in [-0.2, 0) is 12.9 Å². The molecule has 0 spiro atoms. The number of nitrogens with one attached hydrogen (secondary N) is 2. The topological polar surface area (TPSA) is 105 Å². The average Bonchev–Trinajstić information content (AvgIpc) is 2.83. The van der Waals surface area contributed by atoms with Crippen LogP contribution in [0.4, 0.5) is 34.9 Å². The Bertz CT molecular complexity index is 1310. The fourth-order valence-corrected chi connectivity index (χ4v) is 3.15. The summed E-state index contributed by atoms with van der Waals surface area (Å²) in [5, 5.41) is 14.2. The molecule has 0 aliphatic heterocycles. The maximum absolute atomic E-state index is 13.8. The number of halogens is 4. The van der Waals surface area contributed by atoms with Crippen LogP contribution in [0.15, 0.2) is 42.9 Å². The molecule has 0 aliphatic carbocycles. The molecule has 0 saturated carbocycles. The van der Waals surface area contributed by atoms with Gasteiger partial charge in [-0.05, 0) is 38.4 Å². The van der Waals surface area contributed by atoms with Gasteiger partial charge in [0, 0.05) is 31.0 Å². The number of anilines is 3. The van der Waals surface area contributed by atoms with Gasteiger partial charge >= 0.3 is 6.18 Å². The van der Waals surface area contributed by atoms with Crippen molar-refractivity contribution in [2.75, 3.05) is 37.8 Å². The fourth-order valence-electron chi connectivity index (χ4n) is 3.15. The number of pyridine rings is 2. The van der Waals surface area contributed by atoms with E-state index in [1.54, 1.807) is 12.1 Å². The first kappa shape index (κ1) is 24.1. The molecule has 9 nitrogen and oxygen atoms in total. The third-order valence-electron chi connectivity index (χ3n) is 4.93. The van der Waals surface area contributed by atoms with Crippen LogP contribution in [-0.4, -0.2) is 62.2 Å². The third kappa shape index (κ3) is 5.74. The number of nitrogens with zero attached hydrogens (tertiary/aromatic N) is 7. The second kappa shape index (κ2) is 10.1. The molecule has 0 unspecified atom stereocenters. The van der Waals surface area contributed by atoms with Gasteiger partial charge in [0.25, 0.3) is 0 Å². The van der Waals surface area contributed by atoms with Crippen molar-refractivity contribution in [3.05, 3.63) is 54.0 Å². The summed E-state index contributed by atoms with van der Waals surface area (Å²) in [7, 11) is 3.88. The molecule has 182 valence electrons. The van der Waals surface area contributed by atoms with E-state index in [0.717, 1.165) is 18.8 Å². The molecule has 0 atom stereocenters. The van der Waals surface area contributed by atoms with Gasteiger partial charge in [-0.15, -0.1) is 10.2 Å². The molecule has 0 fully saturated rings. The predicted octanol–water partition coefficient (Wildman–Crippen LogP) is 4.08. The minimum Gasteiger partial charge on any atom is -0.367 e. The zero-order valence-corrected chi connectivity index (χ0v) is 18.8. The average molecular weight is 487 g/mol. The highest BCUT2D eigenvalue weighted by molar-refractivity contribution is 5.87. The monoisotopic (exact) mass is 487 g/mol. The highest BCUT2D eigenvalue weighted by Crippen LogP contribution is 2.30. The van der Waals surface area contributed by atoms with Crippen LogP contribution in [0, 0.1) is 0 Å². The van der Waals surface area contributed by atoms with Gasteiger partial charge in [0.2, 0.25) is 0 Å². The molecule has 13 heteroatoms. The number of likely N-dealkylation sites (N-methyl/N-ethyl adjacent to an activating group) is 1. The number of hydrogen-bond donors (Lipinski definition) is 2. The van der Waals surface area contributed by atoms with Gasteiger partial charge in [0.05, 0.1) is 17.4 Å². The number of alkyl halides is 4. The molecule has 4 heterocycles. The standard InChI is InChI=1S/C22H21F4N9/c1-35(2)8-7-27-18-9-13(10-23)19(34-33-18)16-12-30-20-15(5-6-28-21(20)32-16)31-17-4-3-14(11-29-17)22(24,25)26/h3-6,9,11-12H,7-8,10H2,1-2H3,(H,27,33)(H,28,29,31,32). The molecular weight excluding hydrogens is 466 g/mol. The Kier molecular flexibility index (Phi) is 6.96. The van der Waals surface area contributed by atoms with Gasteiger partial charge in [-0.1, -0.05) is 0 Å². The molecule has 35 heavy (non-hydrogen) atoms. The molecule has 0 aliphatic rings. The van der Waals surface area contributed by atoms with Gasteiger partial charge < -0.3 is 15.5 Å². The lowest BCUT2D eigenvalue weighted by Gasteiger charge is -2.12. The second-order valence-corrected chi connectivity index (χ2v) is 7.81. The number of aromatic nitrogens is 6. The minimum absolute atomic E-state index is 0.194. The summed E-state index contributed by atoms with van der Waals surface area (Å²) in [6.45, 7) is 0.617. The van der Waals surface area contributed by atoms with Crippen LogP contribution in [0.25, 0.3) is 22.6 Å². The van der Waals surface area contributed by atoms with E-state index in [4.69, 9.17) is 0 Å². The van der Waals surface area contributed by atoms with E-state index in [9.17, 15) is 17.6 Å². The van der Waals surface area contributed by atoms with Gasteiger partial charge in [-0.3, -0.25) is 0 Å². The van der Waals surface area contributed by atoms with Crippen LogP contribution in [0.3, 0.4) is 0 Å². The van der Waals surface area contributed by atoms with E-state index in [1.807, 2.05) is 19.0 Å². The van der Waals surface area contributed by atoms with Crippen molar-refractivity contribution >= 4 is 28.5 Å².